The summed E-state index contributed by atoms with van der Waals surface area (Å²) in [6.45, 7) is 14.6. The van der Waals surface area contributed by atoms with E-state index < -0.39 is 90.0 Å². The van der Waals surface area contributed by atoms with Gasteiger partial charge in [0, 0.05) is 63.5 Å². The number of allylic oxidation sites excluding steroid dienone is 1. The predicted molar refractivity (Wildman–Crippen MR) is 283 cm³/mol. The number of rotatable bonds is 7. The molecule has 0 radical (unpaired) electrons. The Bertz CT molecular complexity index is 2270. The van der Waals surface area contributed by atoms with Crippen LogP contribution >= 0.6 is 11.6 Å². The van der Waals surface area contributed by atoms with Crippen LogP contribution in [0.3, 0.4) is 0 Å². The second-order valence-electron chi connectivity index (χ2n) is 22.5. The van der Waals surface area contributed by atoms with Crippen LogP contribution in [0.4, 0.5) is 5.69 Å². The summed E-state index contributed by atoms with van der Waals surface area (Å²) in [6.07, 6.45) is 6.19. The Balaban J connectivity index is 1.36. The first-order valence-corrected chi connectivity index (χ1v) is 27.6. The summed E-state index contributed by atoms with van der Waals surface area (Å²) in [4.78, 5) is 79.9. The summed E-state index contributed by atoms with van der Waals surface area (Å²) in [6, 6.07) is 4.13. The molecule has 17 heteroatoms. The number of methoxy groups -OCH3 is 3. The van der Waals surface area contributed by atoms with Gasteiger partial charge in [0.25, 0.3) is 11.7 Å². The number of carbonyl (C=O) groups excluding carboxylic acids is 5. The second-order valence-corrected chi connectivity index (χ2v) is 22.9. The number of fused-ring (bicyclic) bond motifs is 16. The number of aliphatic hydroxyl groups is 3. The number of nitrogens with zero attached hydrogens (tertiary/aromatic N) is 2. The third kappa shape index (κ3) is 14.5. The molecule has 75 heavy (non-hydrogen) atoms. The molecule has 418 valence electrons. The summed E-state index contributed by atoms with van der Waals surface area (Å²) in [7, 11) is 4.51. The summed E-state index contributed by atoms with van der Waals surface area (Å²) in [5.41, 5.74) is 2.76. The minimum absolute atomic E-state index is 0.0650. The zero-order chi connectivity index (χ0) is 55.1. The lowest BCUT2D eigenvalue weighted by Crippen LogP contribution is -2.61. The van der Waals surface area contributed by atoms with Crippen LogP contribution < -0.4 is 5.06 Å². The first kappa shape index (κ1) is 60.4. The average Bonchev–Trinajstić information content (AvgIpc) is 3.39. The van der Waals surface area contributed by atoms with Gasteiger partial charge in [0.1, 0.15) is 36.2 Å². The molecule has 1 saturated carbocycles. The highest BCUT2D eigenvalue weighted by molar-refractivity contribution is 6.39. The summed E-state index contributed by atoms with van der Waals surface area (Å²) in [5.74, 6) is -8.58. The molecule has 0 spiro atoms. The number of benzene rings is 1. The number of aliphatic hydroxyl groups excluding tert-OH is 2. The molecule has 5 aliphatic heterocycles. The van der Waals surface area contributed by atoms with Gasteiger partial charge >= 0.3 is 5.97 Å². The lowest BCUT2D eigenvalue weighted by Gasteiger charge is -2.43. The standard InChI is InChI=1S/C58H85ClN2O14/c1-32-27-41(17-20-44(32)59)61-45-21-19-43(75-61)28-36(5)49(70-9)30-42-18-15-39(8)58(69,74-42)55(66)56(67)60-23-13-12-14-46(60)57(68)73-50(35(4)26-40-16-22-47(62)51(29-40)71-10)31-48(63)34(3)25-38(7)53(65)54(72-11)52(64)37(6)24-33(45)2/h17,19-21,25,27-28,33-35,37,39-40,42-43,45-47,49-51,53-54,62,65,69H,12-16,18,22-24,26,29-31H2,1-11H3/b36-28+,38-25+/t33-,34+,35+,37+,39+,40-,42-,43+,45-,46-,47+,49-,50-,51+,53+,54-,58+/m0/s1. The smallest absolute Gasteiger partial charge is 0.329 e. The number of piperidine rings is 1. The van der Waals surface area contributed by atoms with Crippen molar-refractivity contribution in [3.63, 3.8) is 0 Å². The second kappa shape index (κ2) is 26.7. The molecule has 0 aromatic heterocycles. The lowest BCUT2D eigenvalue weighted by atomic mass is 9.78. The zero-order valence-corrected chi connectivity index (χ0v) is 46.8. The van der Waals surface area contributed by atoms with E-state index in [1.54, 1.807) is 41.1 Å². The Morgan fingerprint density at radius 1 is 0.853 bits per heavy atom. The van der Waals surface area contributed by atoms with E-state index in [2.05, 4.69) is 6.08 Å². The van der Waals surface area contributed by atoms with E-state index in [-0.39, 0.29) is 67.3 Å². The Morgan fingerprint density at radius 3 is 2.27 bits per heavy atom. The van der Waals surface area contributed by atoms with Gasteiger partial charge in [-0.25, -0.2) is 9.86 Å². The maximum Gasteiger partial charge on any atom is 0.329 e. The van der Waals surface area contributed by atoms with Crippen molar-refractivity contribution in [3.05, 3.63) is 64.2 Å². The summed E-state index contributed by atoms with van der Waals surface area (Å²) < 4.78 is 29.9. The molecule has 3 N–H and O–H groups in total. The van der Waals surface area contributed by atoms with Gasteiger partial charge < -0.3 is 43.9 Å². The van der Waals surface area contributed by atoms with Crippen molar-refractivity contribution in [3.8, 4) is 0 Å². The highest BCUT2D eigenvalue weighted by Crippen LogP contribution is 2.39. The van der Waals surface area contributed by atoms with Crippen LogP contribution in [0.1, 0.15) is 131 Å². The van der Waals surface area contributed by atoms with Crippen LogP contribution in [0.2, 0.25) is 5.02 Å². The molecule has 0 unspecified atom stereocenters. The monoisotopic (exact) mass is 1070 g/mol. The maximum atomic E-state index is 14.5. The molecule has 1 aliphatic carbocycles. The van der Waals surface area contributed by atoms with Gasteiger partial charge in [0.05, 0.1) is 36.1 Å². The molecule has 1 amide bonds. The number of aryl methyl sites for hydroxylation is 1. The zero-order valence-electron chi connectivity index (χ0n) is 46.1. The van der Waals surface area contributed by atoms with Gasteiger partial charge in [-0.05, 0) is 144 Å². The van der Waals surface area contributed by atoms with E-state index in [0.717, 1.165) is 16.8 Å². The number of Topliss-reactive ketones (excluding diaryl/α,β-unsaturated/α-hetero) is 3. The van der Waals surface area contributed by atoms with Gasteiger partial charge in [-0.1, -0.05) is 64.4 Å². The van der Waals surface area contributed by atoms with Gasteiger partial charge in [-0.2, -0.15) is 0 Å². The lowest BCUT2D eigenvalue weighted by molar-refractivity contribution is -0.265. The van der Waals surface area contributed by atoms with E-state index in [9.17, 15) is 39.3 Å². The average molecular weight is 1070 g/mol. The van der Waals surface area contributed by atoms with Gasteiger partial charge in [-0.3, -0.25) is 24.0 Å². The minimum atomic E-state index is -2.49. The molecule has 2 saturated heterocycles. The normalized spacial score (nSPS) is 38.5. The largest absolute Gasteiger partial charge is 0.460 e. The maximum absolute atomic E-state index is 14.5. The number of hydrogen-bond donors (Lipinski definition) is 3. The number of anilines is 1. The SMILES string of the molecule is CO[C@H]1C[C@@H]2CC[C@@H](C)[C@@](O)(O2)C(=O)C(=O)N2CCCC[C@H]2C(=O)O[C@H]([C@H](C)C[C@@H]2CC[C@@H](O)[C@H](OC)C2)CC(=O)[C@H](C)/C=C(\C)[C@@H](O)[C@@H](OC)C(=O)[C@H](C)C[C@H](C)[C@@H]2C=C[C@H](/C=C/1C)ON2c1ccc(Cl)c(C)c1. The number of hydrogen-bond acceptors (Lipinski definition) is 15. The number of amides is 1. The molecule has 3 fully saturated rings. The van der Waals surface area contributed by atoms with Crippen LogP contribution in [0.5, 0.6) is 0 Å². The number of ketones is 3. The van der Waals surface area contributed by atoms with Crippen LogP contribution in [-0.2, 0) is 52.5 Å². The Kier molecular flexibility index (Phi) is 21.5. The topological polar surface area (TPSA) is 208 Å². The van der Waals surface area contributed by atoms with Crippen molar-refractivity contribution in [2.45, 2.75) is 199 Å². The van der Waals surface area contributed by atoms with Crippen LogP contribution in [0.25, 0.3) is 0 Å². The van der Waals surface area contributed by atoms with Gasteiger partial charge in [0.2, 0.25) is 5.79 Å². The Labute approximate surface area is 449 Å². The first-order valence-electron chi connectivity index (χ1n) is 27.3. The van der Waals surface area contributed by atoms with Gasteiger partial charge in [0.15, 0.2) is 5.78 Å². The Hall–Kier alpha value is -3.84. The van der Waals surface area contributed by atoms with Gasteiger partial charge in [-0.15, -0.1) is 0 Å². The van der Waals surface area contributed by atoms with Crippen molar-refractivity contribution in [1.29, 1.82) is 0 Å². The highest BCUT2D eigenvalue weighted by atomic mass is 35.5. The number of hydroxylamine groups is 1. The molecule has 1 aromatic rings. The van der Waals surface area contributed by atoms with Crippen LogP contribution in [0.15, 0.2) is 53.6 Å². The third-order valence-corrected chi connectivity index (χ3v) is 17.3. The molecule has 5 heterocycles. The fourth-order valence-electron chi connectivity index (χ4n) is 12.0. The summed E-state index contributed by atoms with van der Waals surface area (Å²) >= 11 is 6.49. The van der Waals surface area contributed by atoms with Crippen molar-refractivity contribution >= 4 is 46.5 Å². The fourth-order valence-corrected chi connectivity index (χ4v) is 12.1. The molecule has 7 rings (SSSR count). The number of carbonyl (C=O) groups is 5. The van der Waals surface area contributed by atoms with Crippen molar-refractivity contribution in [1.82, 2.24) is 4.90 Å². The van der Waals surface area contributed by atoms with Crippen LogP contribution in [0, 0.1) is 42.4 Å². The molecule has 6 aliphatic rings. The van der Waals surface area contributed by atoms with E-state index in [1.165, 1.54) is 12.0 Å². The summed E-state index contributed by atoms with van der Waals surface area (Å²) in [5, 5.41) is 36.9. The molecule has 4 bridgehead atoms. The predicted octanol–water partition coefficient (Wildman–Crippen LogP) is 7.78. The Morgan fingerprint density at radius 2 is 1.59 bits per heavy atom. The van der Waals surface area contributed by atoms with Crippen molar-refractivity contribution in [2.75, 3.05) is 32.9 Å². The van der Waals surface area contributed by atoms with Crippen molar-refractivity contribution < 1.29 is 67.8 Å². The van der Waals surface area contributed by atoms with E-state index in [0.29, 0.717) is 68.4 Å². The number of halogens is 1. The number of esters is 1. The highest BCUT2D eigenvalue weighted by Gasteiger charge is 2.53. The van der Waals surface area contributed by atoms with E-state index >= 15 is 0 Å². The first-order chi connectivity index (χ1) is 35.5. The minimum Gasteiger partial charge on any atom is -0.460 e. The number of ether oxygens (including phenoxy) is 5. The van der Waals surface area contributed by atoms with Crippen molar-refractivity contribution in [2.24, 2.45) is 35.5 Å². The molecule has 1 aromatic carbocycles. The molecule has 16 nitrogen and oxygen atoms in total. The quantitative estimate of drug-likeness (QED) is 0.135. The molecule has 17 atom stereocenters. The third-order valence-electron chi connectivity index (χ3n) is 16.9. The molecular weight excluding hydrogens is 984 g/mol. The van der Waals surface area contributed by atoms with E-state index in [4.69, 9.17) is 40.1 Å². The molecular formula is C58H85ClN2O14. The fraction of sp³-hybridized carbons (Fsp3) is 0.707. The van der Waals surface area contributed by atoms with E-state index in [1.807, 2.05) is 70.0 Å². The van der Waals surface area contributed by atoms with Crippen LogP contribution in [-0.4, -0.2) is 144 Å².